The largest absolute Gasteiger partial charge is 0.322 e. The van der Waals surface area contributed by atoms with Crippen LogP contribution in [0.3, 0.4) is 0 Å². The van der Waals surface area contributed by atoms with E-state index in [9.17, 15) is 0 Å². The van der Waals surface area contributed by atoms with Gasteiger partial charge in [0.2, 0.25) is 0 Å². The van der Waals surface area contributed by atoms with E-state index in [4.69, 9.17) is 0 Å². The van der Waals surface area contributed by atoms with Gasteiger partial charge in [-0.3, -0.25) is 4.40 Å². The van der Waals surface area contributed by atoms with Crippen LogP contribution in [-0.2, 0) is 7.05 Å². The number of hydrogen-bond acceptors (Lipinski definition) is 2. The summed E-state index contributed by atoms with van der Waals surface area (Å²) in [6, 6.07) is 20.5. The highest BCUT2D eigenvalue weighted by atomic mass is 15.0. The van der Waals surface area contributed by atoms with E-state index in [2.05, 4.69) is 52.3 Å². The zero-order valence-electron chi connectivity index (χ0n) is 14.8. The molecule has 0 fully saturated rings. The number of hydrogen-bond donors (Lipinski definition) is 0. The minimum absolute atomic E-state index is 0.862. The Hall–Kier alpha value is -3.84. The lowest BCUT2D eigenvalue weighted by Gasteiger charge is -2.03. The van der Waals surface area contributed by atoms with Crippen molar-refractivity contribution in [3.05, 3.63) is 90.6 Å². The summed E-state index contributed by atoms with van der Waals surface area (Å²) < 4.78 is 4.05. The molecule has 0 aliphatic carbocycles. The van der Waals surface area contributed by atoms with Gasteiger partial charge in [-0.25, -0.2) is 9.97 Å². The maximum atomic E-state index is 4.47. The summed E-state index contributed by atoms with van der Waals surface area (Å²) in [4.78, 5) is 8.89. The van der Waals surface area contributed by atoms with Gasteiger partial charge in [0, 0.05) is 24.8 Å². The Morgan fingerprint density at radius 1 is 0.815 bits per heavy atom. The molecule has 4 nitrogen and oxygen atoms in total. The maximum absolute atomic E-state index is 4.47. The van der Waals surface area contributed by atoms with Gasteiger partial charge < -0.3 is 4.57 Å². The monoisotopic (exact) mass is 348 g/mol. The number of pyridine rings is 2. The van der Waals surface area contributed by atoms with Crippen molar-refractivity contribution in [1.82, 2.24) is 18.9 Å². The molecule has 27 heavy (non-hydrogen) atoms. The van der Waals surface area contributed by atoms with Crippen LogP contribution in [0, 0.1) is 11.8 Å². The summed E-state index contributed by atoms with van der Waals surface area (Å²) in [7, 11) is 1.99. The van der Waals surface area contributed by atoms with E-state index in [1.54, 1.807) is 6.20 Å². The predicted molar refractivity (Wildman–Crippen MR) is 107 cm³/mol. The Morgan fingerprint density at radius 3 is 2.52 bits per heavy atom. The Labute approximate surface area is 156 Å². The van der Waals surface area contributed by atoms with Crippen molar-refractivity contribution in [2.75, 3.05) is 0 Å². The Kier molecular flexibility index (Phi) is 3.51. The van der Waals surface area contributed by atoms with Gasteiger partial charge in [0.25, 0.3) is 0 Å². The second-order valence-electron chi connectivity index (χ2n) is 6.41. The van der Waals surface area contributed by atoms with Gasteiger partial charge in [-0.2, -0.15) is 0 Å². The van der Waals surface area contributed by atoms with Crippen LogP contribution < -0.4 is 0 Å². The molecule has 4 heteroatoms. The van der Waals surface area contributed by atoms with Crippen LogP contribution in [0.5, 0.6) is 0 Å². The Bertz CT molecular complexity index is 1330. The van der Waals surface area contributed by atoms with E-state index in [-0.39, 0.29) is 0 Å². The quantitative estimate of drug-likeness (QED) is 0.424. The fourth-order valence-corrected chi connectivity index (χ4v) is 3.28. The molecule has 0 unspecified atom stereocenters. The molecular weight excluding hydrogens is 332 g/mol. The molecule has 0 spiro atoms. The lowest BCUT2D eigenvalue weighted by molar-refractivity contribution is 0.932. The average molecular weight is 348 g/mol. The molecule has 4 aromatic heterocycles. The first-order valence-corrected chi connectivity index (χ1v) is 8.74. The van der Waals surface area contributed by atoms with Crippen molar-refractivity contribution < 1.29 is 0 Å². The molecule has 0 N–H and O–H groups in total. The minimum Gasteiger partial charge on any atom is -0.322 e. The second kappa shape index (κ2) is 6.15. The van der Waals surface area contributed by atoms with Crippen LogP contribution in [-0.4, -0.2) is 18.9 Å². The smallest absolute Gasteiger partial charge is 0.140 e. The van der Waals surface area contributed by atoms with Crippen LogP contribution in [0.4, 0.5) is 0 Å². The van der Waals surface area contributed by atoms with E-state index < -0.39 is 0 Å². The van der Waals surface area contributed by atoms with Crippen molar-refractivity contribution >= 4 is 16.7 Å². The lowest BCUT2D eigenvalue weighted by atomic mass is 10.1. The van der Waals surface area contributed by atoms with Crippen LogP contribution >= 0.6 is 0 Å². The number of imidazole rings is 1. The fraction of sp³-hybridized carbons (Fsp3) is 0.0435. The molecule has 0 amide bonds. The normalized spacial score (nSPS) is 10.9. The molecule has 0 bridgehead atoms. The summed E-state index contributed by atoms with van der Waals surface area (Å²) >= 11 is 0. The summed E-state index contributed by atoms with van der Waals surface area (Å²) in [6.45, 7) is 0. The predicted octanol–water partition coefficient (Wildman–Crippen LogP) is 4.29. The highest BCUT2D eigenvalue weighted by Gasteiger charge is 2.06. The Balaban J connectivity index is 1.60. The first-order valence-electron chi connectivity index (χ1n) is 8.74. The summed E-state index contributed by atoms with van der Waals surface area (Å²) in [5, 5.41) is 1.09. The molecule has 0 aliphatic heterocycles. The SMILES string of the molecule is Cn1c(C#Cc2cnc3ccc(-c4ccccc4)cn23)cc2cccnc21. The number of nitrogens with zero attached hydrogens (tertiary/aromatic N) is 4. The van der Waals surface area contributed by atoms with Crippen molar-refractivity contribution in [1.29, 1.82) is 0 Å². The van der Waals surface area contributed by atoms with Gasteiger partial charge in [-0.15, -0.1) is 0 Å². The molecule has 0 aliphatic rings. The van der Waals surface area contributed by atoms with Crippen LogP contribution in [0.2, 0.25) is 0 Å². The highest BCUT2D eigenvalue weighted by molar-refractivity contribution is 5.78. The first-order chi connectivity index (χ1) is 13.3. The molecule has 0 radical (unpaired) electrons. The van der Waals surface area contributed by atoms with Crippen molar-refractivity contribution in [3.63, 3.8) is 0 Å². The fourth-order valence-electron chi connectivity index (χ4n) is 3.28. The van der Waals surface area contributed by atoms with E-state index in [1.165, 1.54) is 5.56 Å². The number of benzene rings is 1. The Morgan fingerprint density at radius 2 is 1.67 bits per heavy atom. The molecule has 4 heterocycles. The molecule has 1 aromatic carbocycles. The summed E-state index contributed by atoms with van der Waals surface area (Å²) in [6.07, 6.45) is 5.71. The van der Waals surface area contributed by atoms with Gasteiger partial charge in [-0.05, 0) is 53.3 Å². The van der Waals surface area contributed by atoms with Crippen molar-refractivity contribution in [2.24, 2.45) is 7.05 Å². The molecule has 128 valence electrons. The zero-order chi connectivity index (χ0) is 18.2. The van der Waals surface area contributed by atoms with Gasteiger partial charge in [-0.1, -0.05) is 30.3 Å². The van der Waals surface area contributed by atoms with Gasteiger partial charge in [0.05, 0.1) is 11.9 Å². The van der Waals surface area contributed by atoms with E-state index in [0.29, 0.717) is 0 Å². The van der Waals surface area contributed by atoms with Crippen LogP contribution in [0.25, 0.3) is 27.8 Å². The molecule has 0 saturated heterocycles. The van der Waals surface area contributed by atoms with Crippen molar-refractivity contribution in [2.45, 2.75) is 0 Å². The molecule has 0 atom stereocenters. The second-order valence-corrected chi connectivity index (χ2v) is 6.41. The summed E-state index contributed by atoms with van der Waals surface area (Å²) in [5.74, 6) is 6.53. The molecule has 5 rings (SSSR count). The average Bonchev–Trinajstić information content (AvgIpc) is 3.27. The number of aryl methyl sites for hydroxylation is 1. The topological polar surface area (TPSA) is 35.1 Å². The third-order valence-electron chi connectivity index (χ3n) is 4.72. The van der Waals surface area contributed by atoms with Gasteiger partial charge >= 0.3 is 0 Å². The third-order valence-corrected chi connectivity index (χ3v) is 4.72. The number of rotatable bonds is 1. The van der Waals surface area contributed by atoms with Gasteiger partial charge in [0.15, 0.2) is 0 Å². The van der Waals surface area contributed by atoms with E-state index in [1.807, 2.05) is 58.6 Å². The maximum Gasteiger partial charge on any atom is 0.140 e. The van der Waals surface area contributed by atoms with E-state index in [0.717, 1.165) is 33.6 Å². The highest BCUT2D eigenvalue weighted by Crippen LogP contribution is 2.20. The number of aromatic nitrogens is 4. The van der Waals surface area contributed by atoms with Crippen molar-refractivity contribution in [3.8, 4) is 23.0 Å². The zero-order valence-corrected chi connectivity index (χ0v) is 14.8. The standard InChI is InChI=1S/C23H16N4/c1-26-20(14-18-8-5-13-24-23(18)26)10-11-21-15-25-22-12-9-19(16-27(21)22)17-6-3-2-4-7-17/h2-9,12-16H,1H3. The number of fused-ring (bicyclic) bond motifs is 2. The molecule has 5 aromatic rings. The summed E-state index contributed by atoms with van der Waals surface area (Å²) in [5.41, 5.74) is 5.92. The molecule has 0 saturated carbocycles. The van der Waals surface area contributed by atoms with Gasteiger partial charge in [0.1, 0.15) is 17.0 Å². The molecular formula is C23H16N4. The van der Waals surface area contributed by atoms with Crippen LogP contribution in [0.15, 0.2) is 79.3 Å². The third kappa shape index (κ3) is 2.66. The first kappa shape index (κ1) is 15.4. The lowest BCUT2D eigenvalue weighted by Crippen LogP contribution is -1.93. The van der Waals surface area contributed by atoms with E-state index >= 15 is 0 Å². The minimum atomic E-state index is 0.862. The van der Waals surface area contributed by atoms with Crippen LogP contribution in [0.1, 0.15) is 11.4 Å².